The highest BCUT2D eigenvalue weighted by atomic mass is 32.2. The first-order valence-corrected chi connectivity index (χ1v) is 7.86. The third-order valence-corrected chi connectivity index (χ3v) is 5.18. The van der Waals surface area contributed by atoms with E-state index >= 15 is 0 Å². The zero-order valence-corrected chi connectivity index (χ0v) is 11.7. The average molecular weight is 285 g/mol. The highest BCUT2D eigenvalue weighted by Gasteiger charge is 2.34. The van der Waals surface area contributed by atoms with Crippen LogP contribution in [0, 0.1) is 0 Å². The Morgan fingerprint density at radius 1 is 1.58 bits per heavy atom. The summed E-state index contributed by atoms with van der Waals surface area (Å²) >= 11 is 0. The van der Waals surface area contributed by atoms with Crippen molar-refractivity contribution < 1.29 is 13.5 Å². The van der Waals surface area contributed by atoms with Crippen molar-refractivity contribution in [3.8, 4) is 0 Å². The Kier molecular flexibility index (Phi) is 4.38. The van der Waals surface area contributed by atoms with E-state index in [0.717, 1.165) is 6.42 Å². The van der Waals surface area contributed by atoms with Gasteiger partial charge in [-0.2, -0.15) is 4.31 Å². The largest absolute Gasteiger partial charge is 0.395 e. The molecule has 0 amide bonds. The predicted octanol–water partition coefficient (Wildman–Crippen LogP) is 0.659. The van der Waals surface area contributed by atoms with Gasteiger partial charge in [-0.05, 0) is 25.8 Å². The predicted molar refractivity (Wildman–Crippen MR) is 72.4 cm³/mol. The number of anilines is 1. The van der Waals surface area contributed by atoms with Crippen LogP contribution in [0.4, 0.5) is 5.82 Å². The fraction of sp³-hybridized carbons (Fsp3) is 0.583. The molecule has 19 heavy (non-hydrogen) atoms. The van der Waals surface area contributed by atoms with Crippen LogP contribution >= 0.6 is 0 Å². The molecule has 1 saturated heterocycles. The van der Waals surface area contributed by atoms with Gasteiger partial charge in [0.2, 0.25) is 10.0 Å². The van der Waals surface area contributed by atoms with E-state index in [9.17, 15) is 13.5 Å². The minimum absolute atomic E-state index is 0.135. The van der Waals surface area contributed by atoms with Gasteiger partial charge < -0.3 is 10.4 Å². The van der Waals surface area contributed by atoms with E-state index in [-0.39, 0.29) is 17.5 Å². The number of pyridine rings is 1. The van der Waals surface area contributed by atoms with Crippen LogP contribution < -0.4 is 5.32 Å². The molecule has 0 saturated carbocycles. The van der Waals surface area contributed by atoms with Gasteiger partial charge in [0.25, 0.3) is 0 Å². The first-order chi connectivity index (χ1) is 9.09. The summed E-state index contributed by atoms with van der Waals surface area (Å²) in [6, 6.07) is 2.72. The van der Waals surface area contributed by atoms with Gasteiger partial charge in [-0.25, -0.2) is 13.4 Å². The van der Waals surface area contributed by atoms with Crippen LogP contribution in [-0.2, 0) is 10.0 Å². The van der Waals surface area contributed by atoms with Gasteiger partial charge in [-0.3, -0.25) is 0 Å². The van der Waals surface area contributed by atoms with E-state index in [4.69, 9.17) is 0 Å². The molecule has 1 aromatic heterocycles. The lowest BCUT2D eigenvalue weighted by molar-refractivity contribution is 0.213. The van der Waals surface area contributed by atoms with Gasteiger partial charge >= 0.3 is 0 Å². The van der Waals surface area contributed by atoms with Crippen molar-refractivity contribution in [3.63, 3.8) is 0 Å². The Labute approximate surface area is 113 Å². The molecule has 6 nitrogen and oxygen atoms in total. The van der Waals surface area contributed by atoms with E-state index < -0.39 is 10.0 Å². The highest BCUT2D eigenvalue weighted by molar-refractivity contribution is 7.89. The Morgan fingerprint density at radius 3 is 3.05 bits per heavy atom. The SMILES string of the molecule is CCNc1cc(S(=O)(=O)N2CCCC2CO)ccn1. The number of hydrogen-bond donors (Lipinski definition) is 2. The van der Waals surface area contributed by atoms with Crippen molar-refractivity contribution in [2.75, 3.05) is 25.0 Å². The summed E-state index contributed by atoms with van der Waals surface area (Å²) in [5, 5.41) is 12.2. The number of hydrogen-bond acceptors (Lipinski definition) is 5. The molecule has 0 aliphatic carbocycles. The minimum atomic E-state index is -3.55. The van der Waals surface area contributed by atoms with Gasteiger partial charge in [0.05, 0.1) is 11.5 Å². The number of rotatable bonds is 5. The Bertz CT molecular complexity index is 533. The number of nitrogens with zero attached hydrogens (tertiary/aromatic N) is 2. The monoisotopic (exact) mass is 285 g/mol. The molecular formula is C12H19N3O3S. The van der Waals surface area contributed by atoms with Crippen LogP contribution in [0.5, 0.6) is 0 Å². The number of sulfonamides is 1. The summed E-state index contributed by atoms with van der Waals surface area (Å²) in [6.45, 7) is 2.93. The van der Waals surface area contributed by atoms with Gasteiger partial charge in [-0.1, -0.05) is 0 Å². The molecule has 1 unspecified atom stereocenters. The molecule has 1 aliphatic rings. The topological polar surface area (TPSA) is 82.5 Å². The highest BCUT2D eigenvalue weighted by Crippen LogP contribution is 2.26. The molecule has 0 bridgehead atoms. The number of aliphatic hydroxyl groups excluding tert-OH is 1. The standard InChI is InChI=1S/C12H19N3O3S/c1-2-13-12-8-11(5-6-14-12)19(17,18)15-7-3-4-10(15)9-16/h5-6,8,10,16H,2-4,7,9H2,1H3,(H,13,14). The van der Waals surface area contributed by atoms with Gasteiger partial charge in [0.1, 0.15) is 5.82 Å². The van der Waals surface area contributed by atoms with E-state index in [1.807, 2.05) is 6.92 Å². The number of aliphatic hydroxyl groups is 1. The molecule has 1 aliphatic heterocycles. The zero-order chi connectivity index (χ0) is 13.9. The summed E-state index contributed by atoms with van der Waals surface area (Å²) in [4.78, 5) is 4.29. The summed E-state index contributed by atoms with van der Waals surface area (Å²) in [5.74, 6) is 0.545. The van der Waals surface area contributed by atoms with Crippen molar-refractivity contribution in [3.05, 3.63) is 18.3 Å². The third kappa shape index (κ3) is 2.88. The van der Waals surface area contributed by atoms with Gasteiger partial charge in [0.15, 0.2) is 0 Å². The van der Waals surface area contributed by atoms with E-state index in [2.05, 4.69) is 10.3 Å². The first kappa shape index (κ1) is 14.2. The van der Waals surface area contributed by atoms with Crippen LogP contribution in [0.3, 0.4) is 0 Å². The van der Waals surface area contributed by atoms with Crippen LogP contribution in [-0.4, -0.2) is 48.6 Å². The van der Waals surface area contributed by atoms with Crippen molar-refractivity contribution >= 4 is 15.8 Å². The van der Waals surface area contributed by atoms with Crippen molar-refractivity contribution in [1.82, 2.24) is 9.29 Å². The lowest BCUT2D eigenvalue weighted by Crippen LogP contribution is -2.37. The maximum Gasteiger partial charge on any atom is 0.243 e. The molecule has 0 aromatic carbocycles. The zero-order valence-electron chi connectivity index (χ0n) is 10.9. The molecule has 2 N–H and O–H groups in total. The lowest BCUT2D eigenvalue weighted by Gasteiger charge is -2.22. The molecule has 1 aromatic rings. The van der Waals surface area contributed by atoms with E-state index in [0.29, 0.717) is 25.3 Å². The van der Waals surface area contributed by atoms with Crippen LogP contribution in [0.15, 0.2) is 23.2 Å². The fourth-order valence-electron chi connectivity index (χ4n) is 2.29. The molecule has 106 valence electrons. The van der Waals surface area contributed by atoms with Crippen LogP contribution in [0.1, 0.15) is 19.8 Å². The summed E-state index contributed by atoms with van der Waals surface area (Å²) in [7, 11) is -3.55. The average Bonchev–Trinajstić information content (AvgIpc) is 2.88. The smallest absolute Gasteiger partial charge is 0.243 e. The summed E-state index contributed by atoms with van der Waals surface area (Å²) in [5.41, 5.74) is 0. The lowest BCUT2D eigenvalue weighted by atomic mass is 10.2. The second-order valence-electron chi connectivity index (χ2n) is 4.50. The van der Waals surface area contributed by atoms with Crippen molar-refractivity contribution in [1.29, 1.82) is 0 Å². The maximum absolute atomic E-state index is 12.5. The molecule has 2 heterocycles. The van der Waals surface area contributed by atoms with Gasteiger partial charge in [0, 0.05) is 31.4 Å². The maximum atomic E-state index is 12.5. The second-order valence-corrected chi connectivity index (χ2v) is 6.39. The van der Waals surface area contributed by atoms with Crippen LogP contribution in [0.2, 0.25) is 0 Å². The Balaban J connectivity index is 2.31. The van der Waals surface area contributed by atoms with E-state index in [1.165, 1.54) is 22.6 Å². The quantitative estimate of drug-likeness (QED) is 0.830. The summed E-state index contributed by atoms with van der Waals surface area (Å²) in [6.07, 6.45) is 2.98. The molecule has 2 rings (SSSR count). The normalized spacial score (nSPS) is 20.6. The Morgan fingerprint density at radius 2 is 2.37 bits per heavy atom. The van der Waals surface area contributed by atoms with Crippen molar-refractivity contribution in [2.45, 2.75) is 30.7 Å². The molecular weight excluding hydrogens is 266 g/mol. The molecule has 0 spiro atoms. The number of nitrogens with one attached hydrogen (secondary N) is 1. The molecule has 1 atom stereocenters. The first-order valence-electron chi connectivity index (χ1n) is 6.42. The summed E-state index contributed by atoms with van der Waals surface area (Å²) < 4.78 is 26.4. The Hall–Kier alpha value is -1.18. The minimum Gasteiger partial charge on any atom is -0.395 e. The van der Waals surface area contributed by atoms with Crippen molar-refractivity contribution in [2.24, 2.45) is 0 Å². The molecule has 7 heteroatoms. The number of aromatic nitrogens is 1. The van der Waals surface area contributed by atoms with E-state index in [1.54, 1.807) is 0 Å². The molecule has 0 radical (unpaired) electrons. The van der Waals surface area contributed by atoms with Crippen LogP contribution in [0.25, 0.3) is 0 Å². The fourth-order valence-corrected chi connectivity index (χ4v) is 3.99. The van der Waals surface area contributed by atoms with Gasteiger partial charge in [-0.15, -0.1) is 0 Å². The second kappa shape index (κ2) is 5.85. The molecule has 1 fully saturated rings. The third-order valence-electron chi connectivity index (χ3n) is 3.23.